The van der Waals surface area contributed by atoms with E-state index in [9.17, 15) is 14.7 Å². The van der Waals surface area contributed by atoms with E-state index in [2.05, 4.69) is 40.4 Å². The van der Waals surface area contributed by atoms with Crippen molar-refractivity contribution in [3.05, 3.63) is 0 Å². The minimum Gasteiger partial charge on any atom is -0.391 e. The summed E-state index contributed by atoms with van der Waals surface area (Å²) in [7, 11) is 2.14. The van der Waals surface area contributed by atoms with Crippen LogP contribution < -0.4 is 21.5 Å². The third kappa shape index (κ3) is 6.18. The van der Waals surface area contributed by atoms with Gasteiger partial charge in [0.2, 0.25) is 11.8 Å². The van der Waals surface area contributed by atoms with E-state index in [0.29, 0.717) is 49.9 Å². The third-order valence-electron chi connectivity index (χ3n) is 9.40. The monoisotopic (exact) mass is 490 g/mol. The number of hydrogen-bond donors (Lipinski definition) is 5. The average molecular weight is 491 g/mol. The van der Waals surface area contributed by atoms with Crippen molar-refractivity contribution in [1.82, 2.24) is 31.3 Å². The van der Waals surface area contributed by atoms with Gasteiger partial charge in [-0.2, -0.15) is 0 Å². The van der Waals surface area contributed by atoms with Gasteiger partial charge in [0.05, 0.1) is 25.0 Å². The number of hydrogen-bond acceptors (Lipinski definition) is 7. The van der Waals surface area contributed by atoms with Crippen molar-refractivity contribution in [1.29, 1.82) is 0 Å². The Bertz CT molecular complexity index is 763. The molecule has 6 unspecified atom stereocenters. The Morgan fingerprint density at radius 2 is 1.94 bits per heavy atom. The number of piperidine rings is 1. The SMILES string of the molecule is C[C@@H](CC1NNCN1C)C1CCCC(NC(=O)C2CC(C(=O)N3CC[C@H](O)C3)CC(C3CC3)N2)C1. The van der Waals surface area contributed by atoms with Crippen LogP contribution in [0.1, 0.15) is 71.1 Å². The molecule has 5 rings (SSSR count). The predicted molar refractivity (Wildman–Crippen MR) is 134 cm³/mol. The minimum atomic E-state index is -0.401. The van der Waals surface area contributed by atoms with Crippen LogP contribution in [0.4, 0.5) is 0 Å². The number of nitrogens with zero attached hydrogens (tertiary/aromatic N) is 2. The lowest BCUT2D eigenvalue weighted by molar-refractivity contribution is -0.137. The molecular formula is C26H46N6O3. The molecule has 35 heavy (non-hydrogen) atoms. The van der Waals surface area contributed by atoms with Gasteiger partial charge >= 0.3 is 0 Å². The maximum absolute atomic E-state index is 13.4. The van der Waals surface area contributed by atoms with Crippen LogP contribution in [-0.2, 0) is 9.59 Å². The molecule has 2 saturated carbocycles. The van der Waals surface area contributed by atoms with Crippen LogP contribution in [0.5, 0.6) is 0 Å². The summed E-state index contributed by atoms with van der Waals surface area (Å²) in [6.07, 6.45) is 10.0. The standard InChI is InChI=1S/C26H46N6O3/c1-16(10-24-30-27-15-31(24)2)18-4-3-5-20(11-18)28-25(34)23-13-19(12-22(29-23)17-6-7-17)26(35)32-9-8-21(33)14-32/h16-24,27,29-30,33H,3-15H2,1-2H3,(H,28,34)/t16-,18?,19?,20?,21-,22?,23?,24?/m0/s1. The van der Waals surface area contributed by atoms with Gasteiger partial charge in [0.1, 0.15) is 0 Å². The fourth-order valence-corrected chi connectivity index (χ4v) is 6.96. The zero-order valence-corrected chi connectivity index (χ0v) is 21.5. The van der Waals surface area contributed by atoms with E-state index in [4.69, 9.17) is 0 Å². The normalized spacial score (nSPS) is 39.5. The highest BCUT2D eigenvalue weighted by Gasteiger charge is 2.44. The topological polar surface area (TPSA) is 109 Å². The number of β-amino-alcohol motifs (C(OH)–C–C–N with tert-alkyl or cyclic N) is 1. The predicted octanol–water partition coefficient (Wildman–Crippen LogP) is 0.751. The second kappa shape index (κ2) is 11.0. The molecule has 2 amide bonds. The Labute approximate surface area is 210 Å². The molecule has 0 bridgehead atoms. The van der Waals surface area contributed by atoms with Crippen LogP contribution in [0, 0.1) is 23.7 Å². The molecule has 2 aliphatic carbocycles. The van der Waals surface area contributed by atoms with E-state index in [-0.39, 0.29) is 35.9 Å². The van der Waals surface area contributed by atoms with Crippen LogP contribution >= 0.6 is 0 Å². The van der Waals surface area contributed by atoms with E-state index in [0.717, 1.165) is 38.8 Å². The number of amides is 2. The van der Waals surface area contributed by atoms with Crippen molar-refractivity contribution in [2.24, 2.45) is 23.7 Å². The Hall–Kier alpha value is -1.26. The van der Waals surface area contributed by atoms with E-state index >= 15 is 0 Å². The molecule has 0 radical (unpaired) electrons. The first-order chi connectivity index (χ1) is 16.9. The molecule has 0 spiro atoms. The zero-order valence-electron chi connectivity index (χ0n) is 21.5. The number of aliphatic hydroxyl groups excluding tert-OH is 1. The molecule has 5 N–H and O–H groups in total. The number of likely N-dealkylation sites (tertiary alicyclic amines) is 1. The molecule has 0 aromatic carbocycles. The maximum atomic E-state index is 13.4. The number of hydrazine groups is 1. The van der Waals surface area contributed by atoms with Gasteiger partial charge in [-0.3, -0.25) is 14.5 Å². The fraction of sp³-hybridized carbons (Fsp3) is 0.923. The largest absolute Gasteiger partial charge is 0.391 e. The summed E-state index contributed by atoms with van der Waals surface area (Å²) in [5.41, 5.74) is 6.59. The molecule has 9 heteroatoms. The van der Waals surface area contributed by atoms with Crippen molar-refractivity contribution in [3.8, 4) is 0 Å². The summed E-state index contributed by atoms with van der Waals surface area (Å²) in [5, 5.41) is 16.9. The van der Waals surface area contributed by atoms with Crippen LogP contribution in [-0.4, -0.2) is 83.9 Å². The minimum absolute atomic E-state index is 0.0781. The van der Waals surface area contributed by atoms with Crippen molar-refractivity contribution in [2.75, 3.05) is 26.8 Å². The van der Waals surface area contributed by atoms with Gasteiger partial charge < -0.3 is 20.6 Å². The number of aliphatic hydroxyl groups is 1. The van der Waals surface area contributed by atoms with E-state index < -0.39 is 6.10 Å². The van der Waals surface area contributed by atoms with Gasteiger partial charge in [0.25, 0.3) is 0 Å². The number of carbonyl (C=O) groups excluding carboxylic acids is 2. The fourth-order valence-electron chi connectivity index (χ4n) is 6.96. The molecule has 9 nitrogen and oxygen atoms in total. The highest BCUT2D eigenvalue weighted by atomic mass is 16.3. The summed E-state index contributed by atoms with van der Waals surface area (Å²) in [6.45, 7) is 4.31. The summed E-state index contributed by atoms with van der Waals surface area (Å²) in [4.78, 5) is 30.8. The molecule has 3 heterocycles. The molecular weight excluding hydrogens is 444 g/mol. The molecule has 5 fully saturated rings. The lowest BCUT2D eigenvalue weighted by atomic mass is 9.76. The first kappa shape index (κ1) is 25.4. The molecule has 198 valence electrons. The van der Waals surface area contributed by atoms with Gasteiger partial charge in [-0.25, -0.2) is 10.9 Å². The van der Waals surface area contributed by atoms with Crippen LogP contribution in [0.3, 0.4) is 0 Å². The zero-order chi connectivity index (χ0) is 24.5. The number of nitrogens with one attached hydrogen (secondary N) is 4. The third-order valence-corrected chi connectivity index (χ3v) is 9.40. The lowest BCUT2D eigenvalue weighted by Gasteiger charge is -2.39. The second-order valence-corrected chi connectivity index (χ2v) is 12.2. The van der Waals surface area contributed by atoms with Gasteiger partial charge in [0, 0.05) is 31.1 Å². The van der Waals surface area contributed by atoms with Crippen LogP contribution in [0.2, 0.25) is 0 Å². The molecule has 0 aromatic heterocycles. The van der Waals surface area contributed by atoms with Crippen molar-refractivity contribution >= 4 is 11.8 Å². The van der Waals surface area contributed by atoms with Crippen molar-refractivity contribution < 1.29 is 14.7 Å². The Morgan fingerprint density at radius 1 is 1.11 bits per heavy atom. The number of carbonyl (C=O) groups is 2. The molecule has 3 saturated heterocycles. The number of rotatable bonds is 7. The Kier molecular flexibility index (Phi) is 7.99. The van der Waals surface area contributed by atoms with Gasteiger partial charge in [-0.05, 0) is 76.2 Å². The maximum Gasteiger partial charge on any atom is 0.237 e. The van der Waals surface area contributed by atoms with Crippen molar-refractivity contribution in [2.45, 2.75) is 102 Å². The summed E-state index contributed by atoms with van der Waals surface area (Å²) < 4.78 is 0. The van der Waals surface area contributed by atoms with E-state index in [1.165, 1.54) is 19.3 Å². The second-order valence-electron chi connectivity index (χ2n) is 12.2. The summed E-state index contributed by atoms with van der Waals surface area (Å²) >= 11 is 0. The average Bonchev–Trinajstić information content (AvgIpc) is 3.51. The lowest BCUT2D eigenvalue weighted by Crippen LogP contribution is -2.57. The van der Waals surface area contributed by atoms with E-state index in [1.54, 1.807) is 0 Å². The van der Waals surface area contributed by atoms with Gasteiger partial charge in [0.15, 0.2) is 0 Å². The first-order valence-corrected chi connectivity index (χ1v) is 14.1. The Morgan fingerprint density at radius 3 is 2.63 bits per heavy atom. The quantitative estimate of drug-likeness (QED) is 0.358. The van der Waals surface area contributed by atoms with Crippen LogP contribution in [0.15, 0.2) is 0 Å². The molecule has 5 aliphatic rings. The highest BCUT2D eigenvalue weighted by molar-refractivity contribution is 5.85. The van der Waals surface area contributed by atoms with Gasteiger partial charge in [-0.15, -0.1) is 0 Å². The highest BCUT2D eigenvalue weighted by Crippen LogP contribution is 2.39. The summed E-state index contributed by atoms with van der Waals surface area (Å²) in [6, 6.07) is 0.183. The van der Waals surface area contributed by atoms with Crippen molar-refractivity contribution in [3.63, 3.8) is 0 Å². The smallest absolute Gasteiger partial charge is 0.237 e. The first-order valence-electron chi connectivity index (χ1n) is 14.1. The Balaban J connectivity index is 1.16. The van der Waals surface area contributed by atoms with E-state index in [1.807, 2.05) is 4.90 Å². The molecule has 3 aliphatic heterocycles. The van der Waals surface area contributed by atoms with Gasteiger partial charge in [-0.1, -0.05) is 19.8 Å². The molecule has 0 aromatic rings. The molecule has 8 atom stereocenters. The van der Waals surface area contributed by atoms with Crippen LogP contribution in [0.25, 0.3) is 0 Å². The summed E-state index contributed by atoms with van der Waals surface area (Å²) in [5.74, 6) is 1.92.